The van der Waals surface area contributed by atoms with Crippen LogP contribution in [0.2, 0.25) is 0 Å². The SMILES string of the molecule is C1CCC2C3NC(NC4NC(NC5NC(NC6NC(N3)C3CCCCC63)C3CCCCC53)C3CCCCC43)C2C1.[Ga+3].[OH-].[OH-].[OH-]. The Labute approximate surface area is 277 Å². The van der Waals surface area contributed by atoms with E-state index in [1.54, 1.807) is 0 Å². The van der Waals surface area contributed by atoms with E-state index in [0.29, 0.717) is 49.3 Å². The molecule has 9 aliphatic rings. The maximum absolute atomic E-state index is 4.26. The van der Waals surface area contributed by atoms with E-state index in [4.69, 9.17) is 0 Å². The van der Waals surface area contributed by atoms with E-state index < -0.39 is 0 Å². The number of nitrogens with one attached hydrogen (secondary N) is 8. The van der Waals surface area contributed by atoms with Gasteiger partial charge in [-0.3, -0.25) is 42.5 Å². The van der Waals surface area contributed by atoms with E-state index in [0.717, 1.165) is 47.3 Å². The van der Waals surface area contributed by atoms with Gasteiger partial charge in [-0.2, -0.15) is 0 Å². The quantitative estimate of drug-likeness (QED) is 0.175. The van der Waals surface area contributed by atoms with Crippen molar-refractivity contribution < 1.29 is 16.4 Å². The van der Waals surface area contributed by atoms with Gasteiger partial charge in [-0.15, -0.1) is 0 Å². The smallest absolute Gasteiger partial charge is 0.870 e. The van der Waals surface area contributed by atoms with E-state index >= 15 is 0 Å². The minimum absolute atomic E-state index is 0. The zero-order valence-corrected chi connectivity index (χ0v) is 28.9. The van der Waals surface area contributed by atoms with Gasteiger partial charge >= 0.3 is 19.8 Å². The van der Waals surface area contributed by atoms with Gasteiger partial charge in [0.05, 0.1) is 49.3 Å². The summed E-state index contributed by atoms with van der Waals surface area (Å²) in [5.74, 6) is 5.97. The molecule has 5 heterocycles. The van der Waals surface area contributed by atoms with E-state index in [9.17, 15) is 0 Å². The maximum atomic E-state index is 4.26. The first-order valence-electron chi connectivity index (χ1n) is 17.9. The average Bonchev–Trinajstić information content (AvgIpc) is 3.73. The summed E-state index contributed by atoms with van der Waals surface area (Å²) in [6.45, 7) is 0. The van der Waals surface area contributed by atoms with Crippen molar-refractivity contribution in [3.05, 3.63) is 0 Å². The van der Waals surface area contributed by atoms with Crippen molar-refractivity contribution in [2.45, 2.75) is 152 Å². The van der Waals surface area contributed by atoms with Gasteiger partial charge in [-0.25, -0.2) is 0 Å². The van der Waals surface area contributed by atoms with Crippen LogP contribution in [0.4, 0.5) is 0 Å². The number of fused-ring (bicyclic) bond motifs is 20. The molecule has 0 aromatic carbocycles. The molecule has 11 nitrogen and oxygen atoms in total. The molecule has 9 fully saturated rings. The molecule has 11 N–H and O–H groups in total. The molecule has 9 rings (SSSR count). The molecule has 4 aliphatic carbocycles. The van der Waals surface area contributed by atoms with Crippen molar-refractivity contribution >= 4 is 19.8 Å². The monoisotopic (exact) mass is 672 g/mol. The first-order valence-corrected chi connectivity index (χ1v) is 17.9. The van der Waals surface area contributed by atoms with Crippen molar-refractivity contribution in [2.75, 3.05) is 0 Å². The van der Waals surface area contributed by atoms with Gasteiger partial charge in [0.2, 0.25) is 0 Å². The third-order valence-electron chi connectivity index (χ3n) is 13.8. The fraction of sp³-hybridized carbons (Fsp3) is 1.00. The second kappa shape index (κ2) is 14.8. The molecule has 0 spiro atoms. The van der Waals surface area contributed by atoms with Crippen LogP contribution < -0.4 is 42.5 Å². The van der Waals surface area contributed by atoms with Crippen LogP contribution in [-0.2, 0) is 0 Å². The Kier molecular flexibility index (Phi) is 11.9. The number of hydrogen-bond acceptors (Lipinski definition) is 11. The van der Waals surface area contributed by atoms with Crippen LogP contribution in [0, 0.1) is 47.3 Å². The summed E-state index contributed by atoms with van der Waals surface area (Å²) in [4.78, 5) is 0. The minimum Gasteiger partial charge on any atom is -0.870 e. The topological polar surface area (TPSA) is 186 Å². The largest absolute Gasteiger partial charge is 3.00 e. The minimum atomic E-state index is 0. The summed E-state index contributed by atoms with van der Waals surface area (Å²) >= 11 is 0. The van der Waals surface area contributed by atoms with E-state index in [2.05, 4.69) is 42.5 Å². The fourth-order valence-electron chi connectivity index (χ4n) is 12.0. The summed E-state index contributed by atoms with van der Waals surface area (Å²) in [5.41, 5.74) is 0. The standard InChI is InChI=1S/C32H56N8.Ga.3H2O/c1-2-10-18-17(9-1)25-33-26(18)38-28-21-13-5-6-14-22(21)30(35-28)40-32-24-16-8-7-15-23(24)31(36-32)39-29-20-12-4-3-11-19(20)27(34-29)37-25;;;;/h17-40H,1-16H2;;3*1H2/q;+3;;;/p-3. The van der Waals surface area contributed by atoms with Gasteiger partial charge < -0.3 is 16.4 Å². The van der Waals surface area contributed by atoms with Crippen molar-refractivity contribution in [1.82, 2.24) is 42.5 Å². The van der Waals surface area contributed by atoms with E-state index in [-0.39, 0.29) is 36.2 Å². The number of rotatable bonds is 0. The van der Waals surface area contributed by atoms with Crippen molar-refractivity contribution in [2.24, 2.45) is 47.3 Å². The Morgan fingerprint density at radius 2 is 0.341 bits per heavy atom. The zero-order valence-electron chi connectivity index (χ0n) is 26.5. The third kappa shape index (κ3) is 6.12. The molecule has 248 valence electrons. The molecule has 12 heteroatoms. The van der Waals surface area contributed by atoms with Gasteiger partial charge in [0.1, 0.15) is 0 Å². The molecule has 0 amide bonds. The summed E-state index contributed by atoms with van der Waals surface area (Å²) < 4.78 is 0. The first-order chi connectivity index (χ1) is 19.8. The van der Waals surface area contributed by atoms with Crippen molar-refractivity contribution in [3.63, 3.8) is 0 Å². The summed E-state index contributed by atoms with van der Waals surface area (Å²) in [5, 5.41) is 33.8. The summed E-state index contributed by atoms with van der Waals surface area (Å²) in [6.07, 6.45) is 25.6. The molecule has 0 aromatic heterocycles. The average molecular weight is 674 g/mol. The molecule has 8 unspecified atom stereocenters. The molecule has 44 heavy (non-hydrogen) atoms. The van der Waals surface area contributed by atoms with Crippen LogP contribution in [0.25, 0.3) is 0 Å². The maximum Gasteiger partial charge on any atom is 3.00 e. The molecule has 5 aliphatic heterocycles. The molecular weight excluding hydrogens is 614 g/mol. The van der Waals surface area contributed by atoms with Gasteiger partial charge in [-0.05, 0) is 98.7 Å². The molecule has 5 saturated heterocycles. The van der Waals surface area contributed by atoms with Gasteiger partial charge in [0.25, 0.3) is 0 Å². The van der Waals surface area contributed by atoms with Crippen LogP contribution in [0.1, 0.15) is 103 Å². The van der Waals surface area contributed by atoms with E-state index in [1.807, 2.05) is 0 Å². The van der Waals surface area contributed by atoms with Crippen LogP contribution in [0.5, 0.6) is 0 Å². The van der Waals surface area contributed by atoms with Crippen LogP contribution in [0.15, 0.2) is 0 Å². The predicted octanol–water partition coefficient (Wildman–Crippen LogP) is 1.69. The molecule has 0 aromatic rings. The van der Waals surface area contributed by atoms with Crippen molar-refractivity contribution in [1.29, 1.82) is 0 Å². The summed E-state index contributed by atoms with van der Waals surface area (Å²) in [6, 6.07) is 0. The normalized spacial score (nSPS) is 52.4. The Bertz CT molecular complexity index is 732. The van der Waals surface area contributed by atoms with Gasteiger partial charge in [-0.1, -0.05) is 51.4 Å². The van der Waals surface area contributed by atoms with Crippen LogP contribution >= 0.6 is 0 Å². The summed E-state index contributed by atoms with van der Waals surface area (Å²) in [7, 11) is 0. The zero-order chi connectivity index (χ0) is 26.2. The second-order valence-corrected chi connectivity index (χ2v) is 15.6. The van der Waals surface area contributed by atoms with Gasteiger partial charge in [0.15, 0.2) is 0 Å². The van der Waals surface area contributed by atoms with Crippen molar-refractivity contribution in [3.8, 4) is 0 Å². The number of hydrogen-bond donors (Lipinski definition) is 8. The predicted molar refractivity (Wildman–Crippen MR) is 169 cm³/mol. The molecule has 4 saturated carbocycles. The Morgan fingerprint density at radius 3 is 0.455 bits per heavy atom. The van der Waals surface area contributed by atoms with E-state index in [1.165, 1.54) is 103 Å². The fourth-order valence-corrected chi connectivity index (χ4v) is 12.0. The Morgan fingerprint density at radius 1 is 0.227 bits per heavy atom. The first kappa shape index (κ1) is 35.5. The molecule has 0 radical (unpaired) electrons. The van der Waals surface area contributed by atoms with Crippen LogP contribution in [-0.4, -0.2) is 85.5 Å². The molecule has 8 atom stereocenters. The second-order valence-electron chi connectivity index (χ2n) is 15.6. The molecular formula is C32H59GaN8O3. The Balaban J connectivity index is 0.000000960. The molecule has 8 bridgehead atoms. The third-order valence-corrected chi connectivity index (χ3v) is 13.8. The van der Waals surface area contributed by atoms with Gasteiger partial charge in [0, 0.05) is 0 Å². The van der Waals surface area contributed by atoms with Crippen LogP contribution in [0.3, 0.4) is 0 Å². The Hall–Kier alpha value is 0.196.